The molecule has 470 valence electrons. The number of ether oxygens (including phenoxy) is 1. The van der Waals surface area contributed by atoms with Crippen LogP contribution in [0.25, 0.3) is 22.3 Å². The van der Waals surface area contributed by atoms with Crippen LogP contribution in [0.4, 0.5) is 0 Å². The Morgan fingerprint density at radius 2 is 0.833 bits per heavy atom. The maximum Gasteiger partial charge on any atom is 0.328 e. The highest BCUT2D eigenvalue weighted by Crippen LogP contribution is 2.34. The van der Waals surface area contributed by atoms with Crippen LogP contribution in [0.2, 0.25) is 20.1 Å². The third kappa shape index (κ3) is 22.1. The van der Waals surface area contributed by atoms with Gasteiger partial charge in [-0.05, 0) is 113 Å². The summed E-state index contributed by atoms with van der Waals surface area (Å²) in [5.74, 6) is -5.03. The topological polar surface area (TPSA) is 239 Å². The molecule has 2 atom stereocenters. The van der Waals surface area contributed by atoms with Gasteiger partial charge in [-0.25, -0.2) is 9.59 Å². The third-order valence-electron chi connectivity index (χ3n) is 14.1. The van der Waals surface area contributed by atoms with Gasteiger partial charge in [0, 0.05) is 62.3 Å². The van der Waals surface area contributed by atoms with Crippen LogP contribution in [0.1, 0.15) is 118 Å². The molecule has 0 fully saturated rings. The first-order valence-electron chi connectivity index (χ1n) is 28.6. The lowest BCUT2D eigenvalue weighted by atomic mass is 10.0. The fourth-order valence-corrected chi connectivity index (χ4v) is 10.5. The van der Waals surface area contributed by atoms with E-state index in [9.17, 15) is 43.5 Å². The molecule has 5 N–H and O–H groups in total. The highest BCUT2D eigenvalue weighted by atomic mass is 35.5. The average Bonchev–Trinajstić information content (AvgIpc) is 1.07. The molecule has 0 unspecified atom stereocenters. The molecule has 20 heteroatoms. The number of esters is 1. The number of hydrogen-bond acceptors (Lipinski definition) is 11. The van der Waals surface area contributed by atoms with Gasteiger partial charge in [0.15, 0.2) is 11.6 Å². The van der Waals surface area contributed by atoms with E-state index in [4.69, 9.17) is 51.1 Å². The summed E-state index contributed by atoms with van der Waals surface area (Å²) in [6.07, 6.45) is 2.32. The molecule has 0 saturated carbocycles. The van der Waals surface area contributed by atoms with E-state index in [-0.39, 0.29) is 95.6 Å². The van der Waals surface area contributed by atoms with Gasteiger partial charge in [0.05, 0.1) is 44.3 Å². The lowest BCUT2D eigenvalue weighted by Crippen LogP contribution is -2.42. The number of amides is 4. The number of nitrogens with one attached hydrogen (secondary N) is 4. The molecule has 7 aromatic carbocycles. The first-order chi connectivity index (χ1) is 42.8. The van der Waals surface area contributed by atoms with Crippen molar-refractivity contribution in [1.29, 1.82) is 0 Å². The van der Waals surface area contributed by atoms with Crippen molar-refractivity contribution in [2.24, 2.45) is 9.98 Å². The monoisotopic (exact) mass is 1300 g/mol. The number of carboxylic acids is 1. The van der Waals surface area contributed by atoms with Crippen LogP contribution in [-0.4, -0.2) is 103 Å². The second-order valence-corrected chi connectivity index (χ2v) is 22.0. The minimum Gasteiger partial charge on any atom is -0.480 e. The molecule has 7 aromatic rings. The van der Waals surface area contributed by atoms with Crippen LogP contribution in [0.5, 0.6) is 0 Å². The zero-order valence-corrected chi connectivity index (χ0v) is 52.6. The van der Waals surface area contributed by atoms with Crippen molar-refractivity contribution >= 4 is 105 Å². The Hall–Kier alpha value is -8.80. The summed E-state index contributed by atoms with van der Waals surface area (Å²) in [5.41, 5.74) is 8.56. The number of carboxylic acid groups (broad SMARTS) is 1. The molecule has 90 heavy (non-hydrogen) atoms. The van der Waals surface area contributed by atoms with E-state index in [2.05, 4.69) is 31.3 Å². The number of carbonyl (C=O) groups is 8. The Morgan fingerprint density at radius 3 is 1.21 bits per heavy atom. The molecule has 0 saturated heterocycles. The van der Waals surface area contributed by atoms with Crippen molar-refractivity contribution in [3.05, 3.63) is 223 Å². The van der Waals surface area contributed by atoms with Crippen molar-refractivity contribution in [3.8, 4) is 22.3 Å². The summed E-state index contributed by atoms with van der Waals surface area (Å²) in [6.45, 7) is 3.48. The normalized spacial score (nSPS) is 11.7. The summed E-state index contributed by atoms with van der Waals surface area (Å²) in [6, 6.07) is 45.9. The molecule has 7 rings (SSSR count). The summed E-state index contributed by atoms with van der Waals surface area (Å²) in [7, 11) is 3.47. The zero-order valence-electron chi connectivity index (χ0n) is 49.5. The van der Waals surface area contributed by atoms with Gasteiger partial charge in [-0.15, -0.1) is 0 Å². The number of aliphatic carboxylic acids is 1. The lowest BCUT2D eigenvalue weighted by Gasteiger charge is -2.19. The van der Waals surface area contributed by atoms with E-state index < -0.39 is 47.7 Å². The van der Waals surface area contributed by atoms with Gasteiger partial charge in [0.25, 0.3) is 23.6 Å². The molecule has 0 aliphatic rings. The van der Waals surface area contributed by atoms with Crippen molar-refractivity contribution in [3.63, 3.8) is 0 Å². The fourth-order valence-electron chi connectivity index (χ4n) is 9.16. The van der Waals surface area contributed by atoms with Gasteiger partial charge in [0.2, 0.25) is 0 Å². The first-order valence-corrected chi connectivity index (χ1v) is 30.1. The van der Waals surface area contributed by atoms with E-state index in [1.165, 1.54) is 0 Å². The highest BCUT2D eigenvalue weighted by molar-refractivity contribution is 6.41. The summed E-state index contributed by atoms with van der Waals surface area (Å²) in [5, 5.41) is 20.2. The molecule has 0 radical (unpaired) electrons. The fraction of sp³-hybridized carbons (Fsp3) is 0.257. The van der Waals surface area contributed by atoms with Crippen LogP contribution >= 0.6 is 46.4 Å². The maximum absolute atomic E-state index is 13.4. The number of nitrogens with zero attached hydrogens (tertiary/aromatic N) is 2. The Kier molecular flexibility index (Phi) is 29.3. The number of halogens is 4. The zero-order chi connectivity index (χ0) is 64.4. The summed E-state index contributed by atoms with van der Waals surface area (Å²) >= 11 is 25.7. The Balaban J connectivity index is 0.000000328. The average molecular weight is 1300 g/mol. The van der Waals surface area contributed by atoms with Gasteiger partial charge in [-0.1, -0.05) is 183 Å². The standard InChI is InChI=1S/C38H37Cl2N3O5.C31H31Cl2N3O5.CH4/c1-3-30(41-2)20-26-13-10-16-28(19-26)36(45)42-23-31(44)17-18-34(38(47)48-24-25-11-6-4-7-12-25)43-37(46)35-32(39)21-29(22-33(35)40)27-14-8-5-9-15-27;1-3-23(34-2)15-19-8-7-11-21(14-19)29(38)35-18-24(37)12-13-27(31(40)41)36-30(39)28-25(32)16-22(17-26(28)33)20-9-5-4-6-10-20;/h4-16,19,21-22,34H,3,17-18,20,23-24H2,1-2H3,(H,42,45)(H,43,46);4-11,14,16-17,27H,3,12-13,15,18H2,1-2H3,(H,35,38)(H,36,39)(H,40,41);1H4/t34-;27-;/m00./s1. The van der Waals surface area contributed by atoms with Crippen LogP contribution in [0.3, 0.4) is 0 Å². The van der Waals surface area contributed by atoms with Gasteiger partial charge in [-0.2, -0.15) is 0 Å². The highest BCUT2D eigenvalue weighted by Gasteiger charge is 2.28. The largest absolute Gasteiger partial charge is 0.480 e. The predicted molar refractivity (Wildman–Crippen MR) is 358 cm³/mol. The van der Waals surface area contributed by atoms with Crippen molar-refractivity contribution in [2.75, 3.05) is 27.2 Å². The second kappa shape index (κ2) is 36.6. The smallest absolute Gasteiger partial charge is 0.328 e. The summed E-state index contributed by atoms with van der Waals surface area (Å²) < 4.78 is 5.50. The SMILES string of the molecule is C.CCC(Cc1cccc(C(=O)NCC(=O)CC[C@H](NC(=O)c2c(Cl)cc(-c3ccccc3)cc2Cl)C(=O)O)c1)=NC.CCC(Cc1cccc(C(=O)NCC(=O)CC[C@H](NC(=O)c2c(Cl)cc(-c3ccccc3)cc2Cl)C(=O)OCc2ccccc2)c1)=NC. The van der Waals surface area contributed by atoms with Crippen molar-refractivity contribution in [1.82, 2.24) is 21.3 Å². The van der Waals surface area contributed by atoms with Gasteiger partial charge in [0.1, 0.15) is 18.7 Å². The van der Waals surface area contributed by atoms with Crippen LogP contribution < -0.4 is 21.3 Å². The van der Waals surface area contributed by atoms with E-state index >= 15 is 0 Å². The van der Waals surface area contributed by atoms with Crippen molar-refractivity contribution < 1.29 is 48.2 Å². The summed E-state index contributed by atoms with van der Waals surface area (Å²) in [4.78, 5) is 111. The van der Waals surface area contributed by atoms with Crippen LogP contribution in [-0.2, 0) is 43.4 Å². The molecule has 0 aliphatic heterocycles. The number of Topliss-reactive ketones (excluding diaryl/α,β-unsaturated/α-hetero) is 2. The maximum atomic E-state index is 13.4. The van der Waals surface area contributed by atoms with E-state index in [1.54, 1.807) is 86.9 Å². The van der Waals surface area contributed by atoms with E-state index in [0.717, 1.165) is 57.6 Å². The van der Waals surface area contributed by atoms with Gasteiger partial charge in [-0.3, -0.25) is 38.8 Å². The van der Waals surface area contributed by atoms with E-state index in [0.29, 0.717) is 29.5 Å². The number of rotatable bonds is 28. The van der Waals surface area contributed by atoms with Crippen LogP contribution in [0, 0.1) is 0 Å². The minimum absolute atomic E-state index is 0. The molecular formula is C70H72Cl4N6O10. The molecule has 0 aromatic heterocycles. The number of hydrogen-bond donors (Lipinski definition) is 5. The number of aliphatic imine (C=N–C) groups is 2. The molecule has 0 spiro atoms. The lowest BCUT2D eigenvalue weighted by molar-refractivity contribution is -0.147. The number of ketones is 2. The van der Waals surface area contributed by atoms with Crippen molar-refractivity contribution in [2.45, 2.75) is 91.3 Å². The second-order valence-electron chi connectivity index (χ2n) is 20.4. The molecule has 16 nitrogen and oxygen atoms in total. The quantitative estimate of drug-likeness (QED) is 0.0230. The Morgan fingerprint density at radius 1 is 0.467 bits per heavy atom. The molecule has 0 aliphatic carbocycles. The molecule has 0 heterocycles. The Labute approximate surface area is 544 Å². The minimum atomic E-state index is -1.37. The number of carbonyl (C=O) groups excluding carboxylic acids is 7. The van der Waals surface area contributed by atoms with Gasteiger partial charge < -0.3 is 31.1 Å². The van der Waals surface area contributed by atoms with Crippen LogP contribution in [0.15, 0.2) is 174 Å². The third-order valence-corrected chi connectivity index (χ3v) is 15.3. The Bertz CT molecular complexity index is 3670. The molecular weight excluding hydrogens is 1230 g/mol. The molecule has 0 bridgehead atoms. The first kappa shape index (κ1) is 71.9. The number of benzene rings is 7. The van der Waals surface area contributed by atoms with Gasteiger partial charge >= 0.3 is 11.9 Å². The van der Waals surface area contributed by atoms with E-state index in [1.807, 2.05) is 105 Å². The molecule has 4 amide bonds. The predicted octanol–water partition coefficient (Wildman–Crippen LogP) is 13.6.